The summed E-state index contributed by atoms with van der Waals surface area (Å²) in [5.41, 5.74) is 0.582. The molecule has 1 saturated carbocycles. The van der Waals surface area contributed by atoms with Crippen molar-refractivity contribution in [1.29, 1.82) is 0 Å². The van der Waals surface area contributed by atoms with Gasteiger partial charge in [-0.2, -0.15) is 0 Å². The summed E-state index contributed by atoms with van der Waals surface area (Å²) in [7, 11) is 0. The topological polar surface area (TPSA) is 92.4 Å². The van der Waals surface area contributed by atoms with Crippen LogP contribution < -0.4 is 5.32 Å². The van der Waals surface area contributed by atoms with Gasteiger partial charge in [0.25, 0.3) is 0 Å². The van der Waals surface area contributed by atoms with Crippen molar-refractivity contribution in [2.24, 2.45) is 5.41 Å². The number of carbonyl (C=O) groups is 2. The van der Waals surface area contributed by atoms with E-state index < -0.39 is 11.4 Å². The van der Waals surface area contributed by atoms with E-state index in [0.29, 0.717) is 19.3 Å². The van der Waals surface area contributed by atoms with E-state index in [1.54, 1.807) is 0 Å². The first-order valence-electron chi connectivity index (χ1n) is 6.33. The van der Waals surface area contributed by atoms with Crippen molar-refractivity contribution in [3.63, 3.8) is 0 Å². The molecule has 6 nitrogen and oxygen atoms in total. The largest absolute Gasteiger partial charge is 0.480 e. The van der Waals surface area contributed by atoms with E-state index >= 15 is 0 Å². The Kier molecular flexibility index (Phi) is 3.34. The number of amides is 1. The molecule has 0 bridgehead atoms. The zero-order chi connectivity index (χ0) is 14.2. The number of nitrogens with one attached hydrogen (secondary N) is 1. The van der Waals surface area contributed by atoms with Crippen molar-refractivity contribution in [3.05, 3.63) is 17.0 Å². The number of carbonyl (C=O) groups excluding carboxylic acids is 1. The first-order valence-corrected chi connectivity index (χ1v) is 6.33. The lowest BCUT2D eigenvalue weighted by atomic mass is 10.0. The highest BCUT2D eigenvalue weighted by atomic mass is 16.5. The monoisotopic (exact) mass is 266 g/mol. The van der Waals surface area contributed by atoms with E-state index in [1.165, 1.54) is 0 Å². The lowest BCUT2D eigenvalue weighted by molar-refractivity contribution is -0.149. The Morgan fingerprint density at radius 1 is 1.47 bits per heavy atom. The van der Waals surface area contributed by atoms with E-state index in [0.717, 1.165) is 17.0 Å². The summed E-state index contributed by atoms with van der Waals surface area (Å²) < 4.78 is 5.06. The minimum absolute atomic E-state index is 0.152. The molecule has 104 valence electrons. The van der Waals surface area contributed by atoms with Crippen LogP contribution in [0.25, 0.3) is 0 Å². The summed E-state index contributed by atoms with van der Waals surface area (Å²) >= 11 is 0. The number of nitrogens with zero attached hydrogens (tertiary/aromatic N) is 1. The van der Waals surface area contributed by atoms with Crippen molar-refractivity contribution in [2.45, 2.75) is 46.1 Å². The summed E-state index contributed by atoms with van der Waals surface area (Å²) in [6.07, 6.45) is 1.43. The third-order valence-electron chi connectivity index (χ3n) is 3.66. The molecule has 6 heteroatoms. The molecule has 2 N–H and O–H groups in total. The molecule has 1 atom stereocenters. The molecule has 1 aromatic rings. The molecule has 2 rings (SSSR count). The Balaban J connectivity index is 1.97. The number of aryl methyl sites for hydroxylation is 2. The van der Waals surface area contributed by atoms with E-state index in [2.05, 4.69) is 10.5 Å². The van der Waals surface area contributed by atoms with Gasteiger partial charge in [0.15, 0.2) is 0 Å². The average molecular weight is 266 g/mol. The molecule has 0 radical (unpaired) electrons. The van der Waals surface area contributed by atoms with Crippen LogP contribution in [0.1, 0.15) is 36.8 Å². The number of carboxylic acids is 1. The van der Waals surface area contributed by atoms with Gasteiger partial charge in [0.1, 0.15) is 11.2 Å². The number of hydrogen-bond donors (Lipinski definition) is 2. The van der Waals surface area contributed by atoms with Crippen LogP contribution >= 0.6 is 0 Å². The molecule has 1 amide bonds. The lowest BCUT2D eigenvalue weighted by Gasteiger charge is -2.17. The van der Waals surface area contributed by atoms with Crippen LogP contribution in [-0.4, -0.2) is 28.2 Å². The summed E-state index contributed by atoms with van der Waals surface area (Å²) in [6, 6.07) is -0.152. The van der Waals surface area contributed by atoms with E-state index in [4.69, 9.17) is 9.63 Å². The van der Waals surface area contributed by atoms with Crippen LogP contribution in [0.4, 0.5) is 0 Å². The Bertz CT molecular complexity index is 497. The number of aliphatic carboxylic acids is 1. The van der Waals surface area contributed by atoms with Crippen LogP contribution in [0.15, 0.2) is 4.52 Å². The first kappa shape index (κ1) is 13.6. The number of rotatable bonds is 5. The fourth-order valence-corrected chi connectivity index (χ4v) is 2.18. The van der Waals surface area contributed by atoms with Crippen LogP contribution in [0.5, 0.6) is 0 Å². The molecule has 1 fully saturated rings. The number of carboxylic acid groups (broad SMARTS) is 1. The zero-order valence-corrected chi connectivity index (χ0v) is 11.3. The van der Waals surface area contributed by atoms with Crippen LogP contribution in [-0.2, 0) is 16.0 Å². The van der Waals surface area contributed by atoms with E-state index in [1.807, 2.05) is 20.8 Å². The summed E-state index contributed by atoms with van der Waals surface area (Å²) in [4.78, 5) is 23.0. The summed E-state index contributed by atoms with van der Waals surface area (Å²) in [5, 5.41) is 15.7. The predicted molar refractivity (Wildman–Crippen MR) is 66.6 cm³/mol. The Morgan fingerprint density at radius 2 is 2.11 bits per heavy atom. The molecule has 1 unspecified atom stereocenters. The van der Waals surface area contributed by atoms with Gasteiger partial charge in [-0.05, 0) is 40.0 Å². The van der Waals surface area contributed by atoms with Gasteiger partial charge in [-0.25, -0.2) is 0 Å². The third kappa shape index (κ3) is 2.47. The lowest BCUT2D eigenvalue weighted by Crippen LogP contribution is -2.42. The Hall–Kier alpha value is -1.85. The maximum absolute atomic E-state index is 11.9. The van der Waals surface area contributed by atoms with Gasteiger partial charge in [0.05, 0.1) is 5.69 Å². The Morgan fingerprint density at radius 3 is 2.53 bits per heavy atom. The van der Waals surface area contributed by atoms with Crippen LogP contribution in [0, 0.1) is 19.3 Å². The van der Waals surface area contributed by atoms with Crippen molar-refractivity contribution >= 4 is 11.9 Å². The zero-order valence-electron chi connectivity index (χ0n) is 11.3. The molecule has 0 spiro atoms. The second-order valence-corrected chi connectivity index (χ2v) is 5.27. The molecule has 19 heavy (non-hydrogen) atoms. The van der Waals surface area contributed by atoms with Gasteiger partial charge in [0.2, 0.25) is 5.91 Å². The molecule has 1 heterocycles. The number of aromatic nitrogens is 1. The molecule has 1 aliphatic rings. The van der Waals surface area contributed by atoms with Gasteiger partial charge in [-0.15, -0.1) is 0 Å². The normalized spacial score (nSPS) is 17.8. The van der Waals surface area contributed by atoms with Crippen molar-refractivity contribution in [3.8, 4) is 0 Å². The molecule has 0 saturated heterocycles. The van der Waals surface area contributed by atoms with Gasteiger partial charge >= 0.3 is 5.97 Å². The second-order valence-electron chi connectivity index (χ2n) is 5.27. The maximum Gasteiger partial charge on any atom is 0.319 e. The molecular formula is C13H18N2O4. The summed E-state index contributed by atoms with van der Waals surface area (Å²) in [6.45, 7) is 5.52. The molecule has 0 aliphatic heterocycles. The predicted octanol–water partition coefficient (Wildman–Crippen LogP) is 1.20. The minimum atomic E-state index is -1.19. The standard InChI is InChI=1S/C13H18N2O4/c1-7(6-10-8(2)15-19-9(10)3)14-11(16)13(4-5-13)12(17)18/h7H,4-6H2,1-3H3,(H,14,16)(H,17,18). The summed E-state index contributed by atoms with van der Waals surface area (Å²) in [5.74, 6) is -0.688. The smallest absolute Gasteiger partial charge is 0.319 e. The minimum Gasteiger partial charge on any atom is -0.480 e. The van der Waals surface area contributed by atoms with Crippen molar-refractivity contribution in [1.82, 2.24) is 10.5 Å². The highest BCUT2D eigenvalue weighted by Gasteiger charge is 2.57. The number of hydrogen-bond acceptors (Lipinski definition) is 4. The molecule has 1 aliphatic carbocycles. The maximum atomic E-state index is 11.9. The van der Waals surface area contributed by atoms with Crippen molar-refractivity contribution in [2.75, 3.05) is 0 Å². The highest BCUT2D eigenvalue weighted by molar-refractivity contribution is 6.04. The van der Waals surface area contributed by atoms with Crippen LogP contribution in [0.2, 0.25) is 0 Å². The van der Waals surface area contributed by atoms with Gasteiger partial charge in [-0.3, -0.25) is 9.59 Å². The van der Waals surface area contributed by atoms with Crippen molar-refractivity contribution < 1.29 is 19.2 Å². The van der Waals surface area contributed by atoms with Gasteiger partial charge in [0, 0.05) is 11.6 Å². The fraction of sp³-hybridized carbons (Fsp3) is 0.615. The fourth-order valence-electron chi connectivity index (χ4n) is 2.18. The van der Waals surface area contributed by atoms with E-state index in [9.17, 15) is 9.59 Å². The van der Waals surface area contributed by atoms with E-state index in [-0.39, 0.29) is 11.9 Å². The average Bonchev–Trinajstić information content (AvgIpc) is 3.08. The first-order chi connectivity index (χ1) is 8.86. The van der Waals surface area contributed by atoms with Gasteiger partial charge in [-0.1, -0.05) is 5.16 Å². The SMILES string of the molecule is Cc1noc(C)c1CC(C)NC(=O)C1(C(=O)O)CC1. The van der Waals surface area contributed by atoms with Crippen LogP contribution in [0.3, 0.4) is 0 Å². The molecular weight excluding hydrogens is 248 g/mol. The molecule has 1 aromatic heterocycles. The quantitative estimate of drug-likeness (QED) is 0.781. The second kappa shape index (κ2) is 4.68. The van der Waals surface area contributed by atoms with Gasteiger partial charge < -0.3 is 14.9 Å². The highest BCUT2D eigenvalue weighted by Crippen LogP contribution is 2.46. The molecule has 0 aromatic carbocycles. The third-order valence-corrected chi connectivity index (χ3v) is 3.66. The Labute approximate surface area is 111 Å².